The number of pyridine rings is 1. The number of rotatable bonds is 10. The zero-order chi connectivity index (χ0) is 27.2. The predicted octanol–water partition coefficient (Wildman–Crippen LogP) is 3.44. The van der Waals surface area contributed by atoms with Gasteiger partial charge in [0, 0.05) is 42.8 Å². The Bertz CT molecular complexity index is 1100. The Balaban J connectivity index is 1.66. The summed E-state index contributed by atoms with van der Waals surface area (Å²) >= 11 is 0. The fourth-order valence-corrected chi connectivity index (χ4v) is 3.56. The van der Waals surface area contributed by atoms with Crippen molar-refractivity contribution in [2.75, 3.05) is 19.8 Å². The predicted molar refractivity (Wildman–Crippen MR) is 121 cm³/mol. The standard InChI is InChI=1S/C24H27F5N4O4/c1-13(2)23(35)31-11-15-3-5-16(25)20(21(15)26)22-32-17(9-18(34)33-22)14-4-6-19(30-10-14)37-8-7-36-12-24(27,28)29/h3-6,10,13,17,22,32H,7-9,11-12H2,1-2H3,(H,31,35)(H,33,34). The summed E-state index contributed by atoms with van der Waals surface area (Å²) in [7, 11) is 0. The van der Waals surface area contributed by atoms with Crippen molar-refractivity contribution < 1.29 is 41.0 Å². The first-order valence-electron chi connectivity index (χ1n) is 11.5. The first-order valence-corrected chi connectivity index (χ1v) is 11.5. The van der Waals surface area contributed by atoms with E-state index in [1.165, 1.54) is 18.3 Å². The normalized spacial score (nSPS) is 18.0. The van der Waals surface area contributed by atoms with E-state index in [1.54, 1.807) is 19.9 Å². The van der Waals surface area contributed by atoms with Crippen LogP contribution in [0.5, 0.6) is 5.88 Å². The van der Waals surface area contributed by atoms with Crippen LogP contribution >= 0.6 is 0 Å². The number of amides is 2. The lowest BCUT2D eigenvalue weighted by Crippen LogP contribution is -2.47. The third-order valence-corrected chi connectivity index (χ3v) is 5.44. The van der Waals surface area contributed by atoms with Crippen molar-refractivity contribution in [2.45, 2.75) is 45.2 Å². The van der Waals surface area contributed by atoms with Gasteiger partial charge in [0.25, 0.3) is 0 Å². The molecule has 1 aliphatic heterocycles. The molecule has 37 heavy (non-hydrogen) atoms. The zero-order valence-corrected chi connectivity index (χ0v) is 20.1. The van der Waals surface area contributed by atoms with Gasteiger partial charge in [0.2, 0.25) is 17.7 Å². The number of nitrogens with zero attached hydrogens (tertiary/aromatic N) is 1. The van der Waals surface area contributed by atoms with Crippen LogP contribution in [0.1, 0.15) is 49.2 Å². The summed E-state index contributed by atoms with van der Waals surface area (Å²) in [6, 6.07) is 4.70. The monoisotopic (exact) mass is 530 g/mol. The highest BCUT2D eigenvalue weighted by atomic mass is 19.4. The van der Waals surface area contributed by atoms with Crippen molar-refractivity contribution >= 4 is 11.8 Å². The number of aromatic nitrogens is 1. The smallest absolute Gasteiger partial charge is 0.411 e. The molecule has 1 saturated heterocycles. The molecule has 0 bridgehead atoms. The number of benzene rings is 1. The molecular formula is C24H27F5N4O4. The summed E-state index contributed by atoms with van der Waals surface area (Å²) in [4.78, 5) is 28.3. The van der Waals surface area contributed by atoms with Crippen molar-refractivity contribution in [3.8, 4) is 5.88 Å². The Kier molecular flexibility index (Phi) is 9.38. The molecule has 1 aliphatic rings. The van der Waals surface area contributed by atoms with E-state index in [9.17, 15) is 27.2 Å². The molecule has 2 aromatic rings. The minimum atomic E-state index is -4.42. The number of carbonyl (C=O) groups excluding carboxylic acids is 2. The van der Waals surface area contributed by atoms with Crippen molar-refractivity contribution in [1.29, 1.82) is 0 Å². The van der Waals surface area contributed by atoms with Crippen molar-refractivity contribution in [3.05, 3.63) is 58.8 Å². The molecule has 2 unspecified atom stereocenters. The largest absolute Gasteiger partial charge is 0.475 e. The molecule has 2 amide bonds. The fraction of sp³-hybridized carbons (Fsp3) is 0.458. The van der Waals surface area contributed by atoms with Gasteiger partial charge in [0.15, 0.2) is 0 Å². The van der Waals surface area contributed by atoms with Crippen molar-refractivity contribution in [1.82, 2.24) is 20.9 Å². The number of hydrogen-bond acceptors (Lipinski definition) is 6. The van der Waals surface area contributed by atoms with Crippen LogP contribution in [0.15, 0.2) is 30.5 Å². The van der Waals surface area contributed by atoms with Gasteiger partial charge < -0.3 is 20.1 Å². The van der Waals surface area contributed by atoms with Crippen LogP contribution in [-0.4, -0.2) is 42.8 Å². The Labute approximate surface area is 209 Å². The average Bonchev–Trinajstić information content (AvgIpc) is 2.82. The van der Waals surface area contributed by atoms with Crippen LogP contribution in [0.2, 0.25) is 0 Å². The molecular weight excluding hydrogens is 503 g/mol. The highest BCUT2D eigenvalue weighted by Gasteiger charge is 2.32. The Morgan fingerprint density at radius 3 is 2.59 bits per heavy atom. The van der Waals surface area contributed by atoms with Gasteiger partial charge in [-0.05, 0) is 11.6 Å². The van der Waals surface area contributed by atoms with Crippen LogP contribution in [0.4, 0.5) is 22.0 Å². The van der Waals surface area contributed by atoms with Gasteiger partial charge in [0.05, 0.1) is 12.2 Å². The van der Waals surface area contributed by atoms with Crippen molar-refractivity contribution in [2.24, 2.45) is 5.92 Å². The number of nitrogens with one attached hydrogen (secondary N) is 3. The fourth-order valence-electron chi connectivity index (χ4n) is 3.56. The minimum Gasteiger partial charge on any atom is -0.475 e. The first kappa shape index (κ1) is 28.3. The topological polar surface area (TPSA) is 102 Å². The van der Waals surface area contributed by atoms with Gasteiger partial charge >= 0.3 is 6.18 Å². The quantitative estimate of drug-likeness (QED) is 0.322. The molecule has 1 aromatic heterocycles. The molecule has 2 atom stereocenters. The summed E-state index contributed by atoms with van der Waals surface area (Å²) in [5.41, 5.74) is 0.203. The molecule has 1 aromatic carbocycles. The van der Waals surface area contributed by atoms with E-state index in [-0.39, 0.29) is 55.0 Å². The summed E-state index contributed by atoms with van der Waals surface area (Å²) in [6.07, 6.45) is -4.25. The number of ether oxygens (including phenoxy) is 2. The summed E-state index contributed by atoms with van der Waals surface area (Å²) in [5, 5.41) is 8.10. The third kappa shape index (κ3) is 8.09. The highest BCUT2D eigenvalue weighted by molar-refractivity contribution is 5.78. The minimum absolute atomic E-state index is 0.0307. The molecule has 0 radical (unpaired) electrons. The second-order valence-electron chi connectivity index (χ2n) is 8.68. The van der Waals surface area contributed by atoms with Crippen LogP contribution < -0.4 is 20.7 Å². The summed E-state index contributed by atoms with van der Waals surface area (Å²) in [6.45, 7) is 1.41. The van der Waals surface area contributed by atoms with E-state index in [4.69, 9.17) is 4.74 Å². The van der Waals surface area contributed by atoms with Gasteiger partial charge in [-0.3, -0.25) is 14.9 Å². The van der Waals surface area contributed by atoms with E-state index >= 15 is 4.39 Å². The molecule has 0 saturated carbocycles. The lowest BCUT2D eigenvalue weighted by molar-refractivity contribution is -0.175. The second-order valence-corrected chi connectivity index (χ2v) is 8.68. The van der Waals surface area contributed by atoms with Crippen LogP contribution in [0.25, 0.3) is 0 Å². The maximum Gasteiger partial charge on any atom is 0.411 e. The first-order chi connectivity index (χ1) is 17.4. The molecule has 1 fully saturated rings. The van der Waals surface area contributed by atoms with Crippen LogP contribution in [-0.2, 0) is 20.9 Å². The SMILES string of the molecule is CC(C)C(=O)NCc1ccc(F)c(C2NC(=O)CC(c3ccc(OCCOCC(F)(F)F)nc3)N2)c1F. The maximum atomic E-state index is 15.2. The number of hydrogen-bond donors (Lipinski definition) is 3. The molecule has 202 valence electrons. The van der Waals surface area contributed by atoms with E-state index in [2.05, 4.69) is 25.7 Å². The lowest BCUT2D eigenvalue weighted by atomic mass is 9.98. The van der Waals surface area contributed by atoms with Crippen LogP contribution in [0.3, 0.4) is 0 Å². The number of halogens is 5. The maximum absolute atomic E-state index is 15.2. The zero-order valence-electron chi connectivity index (χ0n) is 20.1. The second kappa shape index (κ2) is 12.3. The van der Waals surface area contributed by atoms with Gasteiger partial charge in [-0.15, -0.1) is 0 Å². The molecule has 8 nitrogen and oxygen atoms in total. The molecule has 2 heterocycles. The van der Waals surface area contributed by atoms with Gasteiger partial charge in [-0.1, -0.05) is 26.0 Å². The lowest BCUT2D eigenvalue weighted by Gasteiger charge is -2.32. The Hall–Kier alpha value is -3.32. The summed E-state index contributed by atoms with van der Waals surface area (Å²) in [5.74, 6) is -2.68. The molecule has 0 aliphatic carbocycles. The van der Waals surface area contributed by atoms with Crippen molar-refractivity contribution in [3.63, 3.8) is 0 Å². The van der Waals surface area contributed by atoms with E-state index in [0.717, 1.165) is 6.07 Å². The number of alkyl halides is 3. The summed E-state index contributed by atoms with van der Waals surface area (Å²) < 4.78 is 75.8. The molecule has 13 heteroatoms. The molecule has 3 rings (SSSR count). The van der Waals surface area contributed by atoms with Crippen LogP contribution in [0, 0.1) is 17.6 Å². The van der Waals surface area contributed by atoms with Gasteiger partial charge in [0.1, 0.15) is 31.0 Å². The van der Waals surface area contributed by atoms with E-state index in [1.807, 2.05) is 0 Å². The molecule has 3 N–H and O–H groups in total. The Morgan fingerprint density at radius 2 is 1.95 bits per heavy atom. The third-order valence-electron chi connectivity index (χ3n) is 5.44. The van der Waals surface area contributed by atoms with E-state index < -0.39 is 42.5 Å². The van der Waals surface area contributed by atoms with E-state index in [0.29, 0.717) is 5.56 Å². The highest BCUT2D eigenvalue weighted by Crippen LogP contribution is 2.29. The average molecular weight is 530 g/mol. The van der Waals surface area contributed by atoms with Gasteiger partial charge in [-0.2, -0.15) is 13.2 Å². The van der Waals surface area contributed by atoms with Gasteiger partial charge in [-0.25, -0.2) is 13.8 Å². The molecule has 0 spiro atoms. The Morgan fingerprint density at radius 1 is 1.19 bits per heavy atom. The number of carbonyl (C=O) groups is 2.